The maximum atomic E-state index is 5.52. The Bertz CT molecular complexity index is 250. The molecule has 0 aromatic heterocycles. The largest absolute Gasteiger partial charge is 0.381 e. The van der Waals surface area contributed by atoms with E-state index in [4.69, 9.17) is 4.74 Å². The van der Waals surface area contributed by atoms with E-state index in [9.17, 15) is 0 Å². The first-order valence-corrected chi connectivity index (χ1v) is 7.80. The molecule has 0 bridgehead atoms. The molecule has 2 rings (SSSR count). The fraction of sp³-hybridized carbons (Fsp3) is 1.00. The van der Waals surface area contributed by atoms with Gasteiger partial charge in [-0.25, -0.2) is 0 Å². The molecular weight excluding hydrogens is 222 g/mol. The van der Waals surface area contributed by atoms with Gasteiger partial charge < -0.3 is 10.1 Å². The summed E-state index contributed by atoms with van der Waals surface area (Å²) in [6.07, 6.45) is 6.73. The lowest BCUT2D eigenvalue weighted by molar-refractivity contribution is 0.0320. The van der Waals surface area contributed by atoms with Gasteiger partial charge in [0.15, 0.2) is 0 Å². The lowest BCUT2D eigenvalue weighted by Gasteiger charge is -2.40. The van der Waals surface area contributed by atoms with Crippen molar-refractivity contribution in [2.24, 2.45) is 17.3 Å². The van der Waals surface area contributed by atoms with Gasteiger partial charge in [-0.05, 0) is 49.4 Å². The highest BCUT2D eigenvalue weighted by atomic mass is 16.5. The molecule has 2 fully saturated rings. The molecular formula is C16H31NO. The first kappa shape index (κ1) is 14.3. The number of hydrogen-bond acceptors (Lipinski definition) is 2. The summed E-state index contributed by atoms with van der Waals surface area (Å²) in [4.78, 5) is 0. The summed E-state index contributed by atoms with van der Waals surface area (Å²) in [7, 11) is 0. The molecule has 1 heterocycles. The van der Waals surface area contributed by atoms with Gasteiger partial charge in [0.25, 0.3) is 0 Å². The number of rotatable bonds is 2. The molecule has 2 atom stereocenters. The average Bonchev–Trinajstić information content (AvgIpc) is 2.32. The molecule has 0 amide bonds. The highest BCUT2D eigenvalue weighted by Gasteiger charge is 2.31. The SMILES string of the molecule is CC1COCCC1NC1CCC(C(C)(C)C)CC1. The van der Waals surface area contributed by atoms with Crippen molar-refractivity contribution in [3.8, 4) is 0 Å². The van der Waals surface area contributed by atoms with Gasteiger partial charge in [0.2, 0.25) is 0 Å². The quantitative estimate of drug-likeness (QED) is 0.812. The molecule has 1 N–H and O–H groups in total. The van der Waals surface area contributed by atoms with E-state index in [0.29, 0.717) is 17.4 Å². The first-order chi connectivity index (χ1) is 8.47. The van der Waals surface area contributed by atoms with Crippen LogP contribution >= 0.6 is 0 Å². The Morgan fingerprint density at radius 3 is 2.22 bits per heavy atom. The molecule has 1 saturated heterocycles. The molecule has 0 aromatic carbocycles. The molecule has 0 spiro atoms. The second-order valence-corrected chi connectivity index (χ2v) is 7.53. The molecule has 0 radical (unpaired) electrons. The molecule has 1 saturated carbocycles. The Morgan fingerprint density at radius 1 is 1.00 bits per heavy atom. The maximum Gasteiger partial charge on any atom is 0.0506 e. The third-order valence-corrected chi connectivity index (χ3v) is 5.04. The van der Waals surface area contributed by atoms with Crippen molar-refractivity contribution >= 4 is 0 Å². The molecule has 2 aliphatic rings. The van der Waals surface area contributed by atoms with Gasteiger partial charge in [-0.3, -0.25) is 0 Å². The van der Waals surface area contributed by atoms with Crippen LogP contribution in [0.25, 0.3) is 0 Å². The topological polar surface area (TPSA) is 21.3 Å². The van der Waals surface area contributed by atoms with Crippen molar-refractivity contribution in [1.82, 2.24) is 5.32 Å². The maximum absolute atomic E-state index is 5.52. The van der Waals surface area contributed by atoms with Crippen molar-refractivity contribution in [1.29, 1.82) is 0 Å². The summed E-state index contributed by atoms with van der Waals surface area (Å²) < 4.78 is 5.52. The van der Waals surface area contributed by atoms with Gasteiger partial charge in [0, 0.05) is 18.7 Å². The standard InChI is InChI=1S/C16H31NO/c1-12-11-18-10-9-15(12)17-14-7-5-13(6-8-14)16(2,3)4/h12-15,17H,5-11H2,1-4H3. The van der Waals surface area contributed by atoms with Gasteiger partial charge in [-0.2, -0.15) is 0 Å². The predicted octanol–water partition coefficient (Wildman–Crippen LogP) is 3.61. The molecule has 2 nitrogen and oxygen atoms in total. The van der Waals surface area contributed by atoms with Crippen LogP contribution < -0.4 is 5.32 Å². The molecule has 18 heavy (non-hydrogen) atoms. The second-order valence-electron chi connectivity index (χ2n) is 7.53. The lowest BCUT2D eigenvalue weighted by Crippen LogP contribution is -2.48. The van der Waals surface area contributed by atoms with E-state index in [1.54, 1.807) is 0 Å². The Hall–Kier alpha value is -0.0800. The van der Waals surface area contributed by atoms with Crippen LogP contribution in [0.4, 0.5) is 0 Å². The summed E-state index contributed by atoms with van der Waals surface area (Å²) in [6.45, 7) is 11.4. The molecule has 2 heteroatoms. The molecule has 106 valence electrons. The fourth-order valence-electron chi connectivity index (χ4n) is 3.56. The normalized spacial score (nSPS) is 38.7. The zero-order valence-electron chi connectivity index (χ0n) is 12.7. The number of hydrogen-bond donors (Lipinski definition) is 1. The van der Waals surface area contributed by atoms with Crippen LogP contribution in [0.1, 0.15) is 59.8 Å². The Labute approximate surface area is 113 Å². The van der Waals surface area contributed by atoms with E-state index in [2.05, 4.69) is 33.0 Å². The van der Waals surface area contributed by atoms with Crippen LogP contribution in [0.5, 0.6) is 0 Å². The Balaban J connectivity index is 1.76. The summed E-state index contributed by atoms with van der Waals surface area (Å²) in [5.74, 6) is 1.60. The second kappa shape index (κ2) is 5.92. The van der Waals surface area contributed by atoms with E-state index >= 15 is 0 Å². The zero-order chi connectivity index (χ0) is 13.2. The minimum atomic E-state index is 0.497. The van der Waals surface area contributed by atoms with Crippen molar-refractivity contribution in [3.05, 3.63) is 0 Å². The Kier molecular flexibility index (Phi) is 4.71. The van der Waals surface area contributed by atoms with Crippen molar-refractivity contribution < 1.29 is 4.74 Å². The zero-order valence-corrected chi connectivity index (χ0v) is 12.7. The average molecular weight is 253 g/mol. The highest BCUT2D eigenvalue weighted by Crippen LogP contribution is 2.38. The minimum Gasteiger partial charge on any atom is -0.381 e. The van der Waals surface area contributed by atoms with E-state index < -0.39 is 0 Å². The monoisotopic (exact) mass is 253 g/mol. The van der Waals surface area contributed by atoms with Crippen LogP contribution in [0.15, 0.2) is 0 Å². The van der Waals surface area contributed by atoms with Crippen molar-refractivity contribution in [2.45, 2.75) is 71.9 Å². The van der Waals surface area contributed by atoms with Crippen LogP contribution in [0.2, 0.25) is 0 Å². The summed E-state index contributed by atoms with van der Waals surface area (Å²) in [5, 5.41) is 3.90. The van der Waals surface area contributed by atoms with E-state index in [0.717, 1.165) is 25.2 Å². The molecule has 0 aromatic rings. The summed E-state index contributed by atoms with van der Waals surface area (Å²) in [5.41, 5.74) is 0.497. The van der Waals surface area contributed by atoms with E-state index in [-0.39, 0.29) is 0 Å². The van der Waals surface area contributed by atoms with Crippen molar-refractivity contribution in [3.63, 3.8) is 0 Å². The van der Waals surface area contributed by atoms with Gasteiger partial charge in [0.1, 0.15) is 0 Å². The number of nitrogens with one attached hydrogen (secondary N) is 1. The van der Waals surface area contributed by atoms with Crippen molar-refractivity contribution in [2.75, 3.05) is 13.2 Å². The predicted molar refractivity (Wildman–Crippen MR) is 76.7 cm³/mol. The smallest absolute Gasteiger partial charge is 0.0506 e. The van der Waals surface area contributed by atoms with Crippen LogP contribution in [-0.2, 0) is 4.74 Å². The fourth-order valence-corrected chi connectivity index (χ4v) is 3.56. The third kappa shape index (κ3) is 3.71. The molecule has 1 aliphatic carbocycles. The minimum absolute atomic E-state index is 0.497. The Morgan fingerprint density at radius 2 is 1.67 bits per heavy atom. The van der Waals surface area contributed by atoms with Gasteiger partial charge in [-0.15, -0.1) is 0 Å². The first-order valence-electron chi connectivity index (χ1n) is 7.80. The summed E-state index contributed by atoms with van der Waals surface area (Å²) in [6, 6.07) is 1.45. The van der Waals surface area contributed by atoms with Crippen LogP contribution in [0.3, 0.4) is 0 Å². The lowest BCUT2D eigenvalue weighted by atomic mass is 9.71. The van der Waals surface area contributed by atoms with Gasteiger partial charge in [0.05, 0.1) is 6.61 Å². The van der Waals surface area contributed by atoms with E-state index in [1.165, 1.54) is 32.1 Å². The van der Waals surface area contributed by atoms with Gasteiger partial charge in [-0.1, -0.05) is 27.7 Å². The van der Waals surface area contributed by atoms with Crippen LogP contribution in [-0.4, -0.2) is 25.3 Å². The van der Waals surface area contributed by atoms with Gasteiger partial charge >= 0.3 is 0 Å². The third-order valence-electron chi connectivity index (χ3n) is 5.04. The summed E-state index contributed by atoms with van der Waals surface area (Å²) >= 11 is 0. The molecule has 1 aliphatic heterocycles. The molecule has 2 unspecified atom stereocenters. The number of ether oxygens (including phenoxy) is 1. The van der Waals surface area contributed by atoms with Crippen LogP contribution in [0, 0.1) is 17.3 Å². The highest BCUT2D eigenvalue weighted by molar-refractivity contribution is 4.87. The van der Waals surface area contributed by atoms with E-state index in [1.807, 2.05) is 0 Å².